The van der Waals surface area contributed by atoms with E-state index in [2.05, 4.69) is 5.32 Å². The lowest BCUT2D eigenvalue weighted by molar-refractivity contribution is -0.138. The van der Waals surface area contributed by atoms with E-state index in [1.54, 1.807) is 35.2 Å². The number of carboxylic acids is 1. The van der Waals surface area contributed by atoms with Crippen LogP contribution in [-0.4, -0.2) is 52.6 Å². The van der Waals surface area contributed by atoms with Crippen molar-refractivity contribution in [2.75, 3.05) is 13.1 Å². The Kier molecular flexibility index (Phi) is 9.60. The van der Waals surface area contributed by atoms with Crippen LogP contribution >= 0.6 is 0 Å². The Bertz CT molecular complexity index is 1130. The Morgan fingerprint density at radius 1 is 1.05 bits per heavy atom. The summed E-state index contributed by atoms with van der Waals surface area (Å²) in [7, 11) is 0. The van der Waals surface area contributed by atoms with Crippen molar-refractivity contribution in [3.05, 3.63) is 77.0 Å². The molecular weight excluding hydrogens is 468 g/mol. The van der Waals surface area contributed by atoms with Crippen LogP contribution in [0, 0.1) is 17.2 Å². The molecule has 1 fully saturated rings. The Morgan fingerprint density at radius 3 is 2.19 bits per heavy atom. The minimum absolute atomic E-state index is 0.00250. The average molecular weight is 505 g/mol. The normalized spacial score (nSPS) is 15.3. The summed E-state index contributed by atoms with van der Waals surface area (Å²) >= 11 is 0. The third kappa shape index (κ3) is 8.03. The molecular formula is C29H36N4O4. The highest BCUT2D eigenvalue weighted by Gasteiger charge is 2.28. The molecule has 0 bridgehead atoms. The number of hydrogen-bond donors (Lipinski definition) is 4. The highest BCUT2D eigenvalue weighted by molar-refractivity contribution is 6.11. The third-order valence-corrected chi connectivity index (χ3v) is 6.78. The number of nitrogens with zero attached hydrogens (tertiary/aromatic N) is 1. The number of amidine groups is 1. The van der Waals surface area contributed by atoms with Crippen molar-refractivity contribution in [3.63, 3.8) is 0 Å². The number of benzene rings is 2. The van der Waals surface area contributed by atoms with Gasteiger partial charge in [0.15, 0.2) is 0 Å². The van der Waals surface area contributed by atoms with E-state index in [9.17, 15) is 14.4 Å². The standard InChI is InChI=1S/C29H36N4O4/c1-19(2)24(18-26(34)33-14-12-21(13-15-33)17-27(35)36)32-25(16-20-6-4-3-5-7-20)28(37)22-8-10-23(11-9-22)29(30)31/h3-11,16,19,21,24,32H,12-15,17-18H2,1-2H3,(H3,30,31)(H,35,36)/t24-/m0/s1. The predicted octanol–water partition coefficient (Wildman–Crippen LogP) is 3.91. The van der Waals surface area contributed by atoms with Crippen molar-refractivity contribution in [2.24, 2.45) is 17.6 Å². The average Bonchev–Trinajstić information content (AvgIpc) is 2.88. The maximum absolute atomic E-state index is 13.5. The van der Waals surface area contributed by atoms with Gasteiger partial charge in [-0.15, -0.1) is 0 Å². The first-order valence-electron chi connectivity index (χ1n) is 12.7. The molecule has 1 amide bonds. The summed E-state index contributed by atoms with van der Waals surface area (Å²) in [6.45, 7) is 5.12. The van der Waals surface area contributed by atoms with E-state index in [0.717, 1.165) is 5.56 Å². The van der Waals surface area contributed by atoms with Gasteiger partial charge in [0.05, 0.1) is 5.70 Å². The summed E-state index contributed by atoms with van der Waals surface area (Å²) in [4.78, 5) is 39.5. The number of allylic oxidation sites excluding steroid dienone is 1. The quantitative estimate of drug-likeness (QED) is 0.158. The van der Waals surface area contributed by atoms with Crippen molar-refractivity contribution in [1.29, 1.82) is 5.41 Å². The van der Waals surface area contributed by atoms with E-state index >= 15 is 0 Å². The van der Waals surface area contributed by atoms with Crippen LogP contribution in [0.15, 0.2) is 60.3 Å². The topological polar surface area (TPSA) is 137 Å². The molecule has 8 heteroatoms. The van der Waals surface area contributed by atoms with Crippen LogP contribution in [0.25, 0.3) is 6.08 Å². The van der Waals surface area contributed by atoms with Gasteiger partial charge >= 0.3 is 5.97 Å². The zero-order valence-corrected chi connectivity index (χ0v) is 21.4. The minimum Gasteiger partial charge on any atom is -0.481 e. The van der Waals surface area contributed by atoms with Crippen LogP contribution in [0.5, 0.6) is 0 Å². The molecule has 2 aromatic rings. The largest absolute Gasteiger partial charge is 0.481 e. The maximum atomic E-state index is 13.5. The fourth-order valence-corrected chi connectivity index (χ4v) is 4.45. The first-order chi connectivity index (χ1) is 17.6. The summed E-state index contributed by atoms with van der Waals surface area (Å²) in [5.41, 5.74) is 7.78. The van der Waals surface area contributed by atoms with Crippen LogP contribution in [0.1, 0.15) is 61.0 Å². The zero-order chi connectivity index (χ0) is 26.9. The molecule has 37 heavy (non-hydrogen) atoms. The third-order valence-electron chi connectivity index (χ3n) is 6.78. The van der Waals surface area contributed by atoms with Crippen LogP contribution in [0.3, 0.4) is 0 Å². The number of nitrogens with two attached hydrogens (primary N) is 1. The number of Topliss-reactive ketones (excluding diaryl/α,β-unsaturated/α-hetero) is 1. The molecule has 0 saturated carbocycles. The fraction of sp³-hybridized carbons (Fsp3) is 0.379. The van der Waals surface area contributed by atoms with E-state index in [0.29, 0.717) is 42.8 Å². The minimum atomic E-state index is -0.799. The Morgan fingerprint density at radius 2 is 1.65 bits per heavy atom. The zero-order valence-electron chi connectivity index (χ0n) is 21.4. The second kappa shape index (κ2) is 12.9. The molecule has 1 aliphatic rings. The Labute approximate surface area is 218 Å². The Balaban J connectivity index is 1.77. The summed E-state index contributed by atoms with van der Waals surface area (Å²) in [5, 5.41) is 20.0. The molecule has 1 atom stereocenters. The highest BCUT2D eigenvalue weighted by Crippen LogP contribution is 2.22. The van der Waals surface area contributed by atoms with Gasteiger partial charge in [0, 0.05) is 43.1 Å². The summed E-state index contributed by atoms with van der Waals surface area (Å²) in [5.74, 6) is -0.910. The second-order valence-electron chi connectivity index (χ2n) is 9.91. The number of aliphatic carboxylic acids is 1. The van der Waals surface area contributed by atoms with Gasteiger partial charge in [0.1, 0.15) is 5.84 Å². The number of rotatable bonds is 11. The monoisotopic (exact) mass is 504 g/mol. The molecule has 5 N–H and O–H groups in total. The smallest absolute Gasteiger partial charge is 0.303 e. The van der Waals surface area contributed by atoms with Crippen LogP contribution in [0.4, 0.5) is 0 Å². The van der Waals surface area contributed by atoms with Crippen LogP contribution in [-0.2, 0) is 9.59 Å². The van der Waals surface area contributed by atoms with E-state index in [4.69, 9.17) is 16.2 Å². The van der Waals surface area contributed by atoms with Gasteiger partial charge in [0.25, 0.3) is 0 Å². The van der Waals surface area contributed by atoms with E-state index < -0.39 is 5.97 Å². The van der Waals surface area contributed by atoms with Gasteiger partial charge in [-0.1, -0.05) is 68.4 Å². The molecule has 0 radical (unpaired) electrons. The van der Waals surface area contributed by atoms with Gasteiger partial charge in [0.2, 0.25) is 11.7 Å². The fourth-order valence-electron chi connectivity index (χ4n) is 4.45. The van der Waals surface area contributed by atoms with Crippen LogP contribution < -0.4 is 11.1 Å². The van der Waals surface area contributed by atoms with Crippen molar-refractivity contribution in [1.82, 2.24) is 10.2 Å². The molecule has 3 rings (SSSR count). The molecule has 196 valence electrons. The number of carboxylic acid groups (broad SMARTS) is 1. The molecule has 0 aliphatic carbocycles. The summed E-state index contributed by atoms with van der Waals surface area (Å²) in [6, 6.07) is 15.8. The number of piperidine rings is 1. The van der Waals surface area contributed by atoms with Gasteiger partial charge in [-0.05, 0) is 36.3 Å². The van der Waals surface area contributed by atoms with Crippen molar-refractivity contribution in [2.45, 2.75) is 45.6 Å². The van der Waals surface area contributed by atoms with Crippen molar-refractivity contribution in [3.8, 4) is 0 Å². The predicted molar refractivity (Wildman–Crippen MR) is 144 cm³/mol. The molecule has 0 unspecified atom stereocenters. The van der Waals surface area contributed by atoms with Gasteiger partial charge < -0.3 is 21.1 Å². The van der Waals surface area contributed by atoms with Crippen LogP contribution in [0.2, 0.25) is 0 Å². The molecule has 1 heterocycles. The molecule has 2 aromatic carbocycles. The number of nitrogens with one attached hydrogen (secondary N) is 2. The van der Waals surface area contributed by atoms with Gasteiger partial charge in [-0.25, -0.2) is 0 Å². The van der Waals surface area contributed by atoms with E-state index in [-0.39, 0.29) is 48.2 Å². The van der Waals surface area contributed by atoms with Gasteiger partial charge in [-0.3, -0.25) is 19.8 Å². The number of amides is 1. The lowest BCUT2D eigenvalue weighted by atomic mass is 9.92. The molecule has 1 aliphatic heterocycles. The molecule has 0 spiro atoms. The number of ketones is 1. The molecule has 0 aromatic heterocycles. The molecule has 1 saturated heterocycles. The maximum Gasteiger partial charge on any atom is 0.303 e. The summed E-state index contributed by atoms with van der Waals surface area (Å²) < 4.78 is 0. The number of carbonyl (C=O) groups is 3. The van der Waals surface area contributed by atoms with Gasteiger partial charge in [-0.2, -0.15) is 0 Å². The van der Waals surface area contributed by atoms with E-state index in [1.165, 1.54) is 0 Å². The number of hydrogen-bond acceptors (Lipinski definition) is 5. The first kappa shape index (κ1) is 27.6. The van der Waals surface area contributed by atoms with Crippen molar-refractivity contribution >= 4 is 29.6 Å². The molecule has 8 nitrogen and oxygen atoms in total. The SMILES string of the molecule is CC(C)[C@H](CC(=O)N1CCC(CC(=O)O)CC1)NC(=Cc1ccccc1)C(=O)c1ccc(C(=N)N)cc1. The lowest BCUT2D eigenvalue weighted by Gasteiger charge is -2.33. The second-order valence-corrected chi connectivity index (χ2v) is 9.91. The lowest BCUT2D eigenvalue weighted by Crippen LogP contribution is -2.44. The van der Waals surface area contributed by atoms with Crippen molar-refractivity contribution < 1.29 is 19.5 Å². The Hall–Kier alpha value is -3.94. The number of likely N-dealkylation sites (tertiary alicyclic amines) is 1. The summed E-state index contributed by atoms with van der Waals surface area (Å²) in [6.07, 6.45) is 3.53. The van der Waals surface area contributed by atoms with E-state index in [1.807, 2.05) is 44.2 Å². The first-order valence-corrected chi connectivity index (χ1v) is 12.7. The number of nitrogen functional groups attached to an aromatic ring is 1. The highest BCUT2D eigenvalue weighted by atomic mass is 16.4. The number of carbonyl (C=O) groups excluding carboxylic acids is 2.